The van der Waals surface area contributed by atoms with E-state index >= 15 is 0 Å². The molecule has 0 fully saturated rings. The van der Waals surface area contributed by atoms with Gasteiger partial charge in [0.2, 0.25) is 0 Å². The molecule has 1 unspecified atom stereocenters. The van der Waals surface area contributed by atoms with Crippen molar-refractivity contribution >= 4 is 0 Å². The summed E-state index contributed by atoms with van der Waals surface area (Å²) in [5.41, 5.74) is -0.120. The van der Waals surface area contributed by atoms with Crippen LogP contribution in [0.25, 0.3) is 0 Å². The number of nitrogens with one attached hydrogen (secondary N) is 1. The van der Waals surface area contributed by atoms with E-state index in [0.717, 1.165) is 12.1 Å². The first kappa shape index (κ1) is 16.8. The largest absolute Gasteiger partial charge is 0.455 e. The van der Waals surface area contributed by atoms with Gasteiger partial charge in [0.05, 0.1) is 0 Å². The molecule has 0 bridgehead atoms. The van der Waals surface area contributed by atoms with Gasteiger partial charge in [0.15, 0.2) is 0 Å². The van der Waals surface area contributed by atoms with Crippen LogP contribution in [0.5, 0.6) is 0 Å². The molecule has 0 amide bonds. The highest BCUT2D eigenvalue weighted by Gasteiger charge is 2.63. The maximum absolute atomic E-state index is 13.6. The van der Waals surface area contributed by atoms with Crippen LogP contribution >= 0.6 is 0 Å². The normalized spacial score (nSPS) is 14.4. The number of rotatable bonds is 4. The van der Waals surface area contributed by atoms with E-state index < -0.39 is 24.0 Å². The van der Waals surface area contributed by atoms with E-state index in [1.165, 1.54) is 20.8 Å². The fourth-order valence-corrected chi connectivity index (χ4v) is 2.16. The van der Waals surface area contributed by atoms with Crippen LogP contribution in [0.15, 0.2) is 12.1 Å². The third kappa shape index (κ3) is 3.08. The zero-order valence-corrected chi connectivity index (χ0v) is 11.2. The molecule has 114 valence electrons. The van der Waals surface area contributed by atoms with Crippen molar-refractivity contribution in [2.24, 2.45) is 0 Å². The number of benzene rings is 1. The van der Waals surface area contributed by atoms with Crippen molar-refractivity contribution in [1.82, 2.24) is 5.32 Å². The predicted octanol–water partition coefficient (Wildman–Crippen LogP) is 4.29. The van der Waals surface area contributed by atoms with Crippen LogP contribution in [0.4, 0.5) is 26.3 Å². The predicted molar refractivity (Wildman–Crippen MR) is 63.3 cm³/mol. The molecule has 0 aliphatic heterocycles. The first-order chi connectivity index (χ1) is 9.02. The highest BCUT2D eigenvalue weighted by Crippen LogP contribution is 2.45. The van der Waals surface area contributed by atoms with Gasteiger partial charge in [0, 0.05) is 0 Å². The van der Waals surface area contributed by atoms with E-state index in [-0.39, 0.29) is 23.2 Å². The Balaban J connectivity index is 3.43. The van der Waals surface area contributed by atoms with Crippen molar-refractivity contribution < 1.29 is 26.3 Å². The van der Waals surface area contributed by atoms with Gasteiger partial charge >= 0.3 is 12.1 Å². The topological polar surface area (TPSA) is 12.0 Å². The van der Waals surface area contributed by atoms with Crippen molar-refractivity contribution in [1.29, 1.82) is 0 Å². The first-order valence-corrected chi connectivity index (χ1v) is 5.97. The summed E-state index contributed by atoms with van der Waals surface area (Å²) in [4.78, 5) is 0. The molecule has 1 N–H and O–H groups in total. The molecule has 1 atom stereocenters. The molecule has 0 aliphatic rings. The van der Waals surface area contributed by atoms with Gasteiger partial charge < -0.3 is 5.32 Å². The monoisotopic (exact) mass is 299 g/mol. The number of hydrogen-bond acceptors (Lipinski definition) is 1. The Hall–Kier alpha value is -1.24. The summed E-state index contributed by atoms with van der Waals surface area (Å²) in [7, 11) is 0. The van der Waals surface area contributed by atoms with Crippen LogP contribution in [0.3, 0.4) is 0 Å². The van der Waals surface area contributed by atoms with Crippen LogP contribution in [0, 0.1) is 19.7 Å². The fraction of sp³-hybridized carbons (Fsp3) is 0.538. The van der Waals surface area contributed by atoms with Crippen molar-refractivity contribution in [2.45, 2.75) is 38.9 Å². The van der Waals surface area contributed by atoms with Crippen molar-refractivity contribution in [2.75, 3.05) is 6.54 Å². The Morgan fingerprint density at radius 3 is 1.85 bits per heavy atom. The molecule has 1 rings (SSSR count). The molecule has 0 saturated carbocycles. The second kappa shape index (κ2) is 5.63. The minimum atomic E-state index is -5.69. The summed E-state index contributed by atoms with van der Waals surface area (Å²) in [6.45, 7) is 3.96. The van der Waals surface area contributed by atoms with E-state index in [4.69, 9.17) is 0 Å². The Labute approximate surface area is 113 Å². The van der Waals surface area contributed by atoms with E-state index in [0.29, 0.717) is 0 Å². The van der Waals surface area contributed by atoms with Crippen molar-refractivity contribution in [3.05, 3.63) is 34.6 Å². The number of alkyl halides is 5. The highest BCUT2D eigenvalue weighted by atomic mass is 19.4. The molecular weight excluding hydrogens is 284 g/mol. The smallest absolute Gasteiger partial charge is 0.305 e. The SMILES string of the molecule is CCNC(c1c(C)cc(F)cc1C)C(F)(F)C(F)(F)F. The lowest BCUT2D eigenvalue weighted by molar-refractivity contribution is -0.294. The zero-order valence-electron chi connectivity index (χ0n) is 11.2. The van der Waals surface area contributed by atoms with Crippen LogP contribution in [0.2, 0.25) is 0 Å². The number of aryl methyl sites for hydroxylation is 2. The van der Waals surface area contributed by atoms with Gasteiger partial charge in [-0.15, -0.1) is 0 Å². The molecule has 20 heavy (non-hydrogen) atoms. The van der Waals surface area contributed by atoms with Gasteiger partial charge in [0.1, 0.15) is 11.9 Å². The second-order valence-corrected chi connectivity index (χ2v) is 4.56. The van der Waals surface area contributed by atoms with Crippen molar-refractivity contribution in [3.63, 3.8) is 0 Å². The van der Waals surface area contributed by atoms with Gasteiger partial charge in [-0.1, -0.05) is 6.92 Å². The molecule has 0 radical (unpaired) electrons. The second-order valence-electron chi connectivity index (χ2n) is 4.56. The summed E-state index contributed by atoms with van der Waals surface area (Å²) in [6, 6.07) is -0.355. The fourth-order valence-electron chi connectivity index (χ4n) is 2.16. The van der Waals surface area contributed by atoms with E-state index in [2.05, 4.69) is 5.32 Å². The minimum absolute atomic E-state index is 0.0531. The van der Waals surface area contributed by atoms with Gasteiger partial charge in [-0.3, -0.25) is 0 Å². The van der Waals surface area contributed by atoms with Crippen LogP contribution in [-0.2, 0) is 0 Å². The summed E-state index contributed by atoms with van der Waals surface area (Å²) < 4.78 is 78.2. The van der Waals surface area contributed by atoms with E-state index in [1.54, 1.807) is 0 Å². The molecule has 1 aromatic rings. The average molecular weight is 299 g/mol. The lowest BCUT2D eigenvalue weighted by atomic mass is 9.91. The van der Waals surface area contributed by atoms with Crippen LogP contribution in [-0.4, -0.2) is 18.6 Å². The molecule has 0 aromatic heterocycles. The highest BCUT2D eigenvalue weighted by molar-refractivity contribution is 5.38. The average Bonchev–Trinajstić information content (AvgIpc) is 2.24. The first-order valence-electron chi connectivity index (χ1n) is 5.97. The lowest BCUT2D eigenvalue weighted by Crippen LogP contribution is -2.48. The lowest BCUT2D eigenvalue weighted by Gasteiger charge is -2.31. The molecule has 1 nitrogen and oxygen atoms in total. The van der Waals surface area contributed by atoms with Gasteiger partial charge in [-0.05, 0) is 49.2 Å². The van der Waals surface area contributed by atoms with Gasteiger partial charge in [-0.2, -0.15) is 22.0 Å². The van der Waals surface area contributed by atoms with Gasteiger partial charge in [-0.25, -0.2) is 4.39 Å². The maximum atomic E-state index is 13.6. The molecule has 0 saturated heterocycles. The summed E-state index contributed by atoms with van der Waals surface area (Å²) in [5.74, 6) is -5.62. The molecular formula is C13H15F6N. The molecule has 7 heteroatoms. The zero-order chi connectivity index (χ0) is 15.7. The number of hydrogen-bond donors (Lipinski definition) is 1. The molecule has 1 aromatic carbocycles. The number of halogens is 6. The maximum Gasteiger partial charge on any atom is 0.455 e. The minimum Gasteiger partial charge on any atom is -0.305 e. The van der Waals surface area contributed by atoms with Gasteiger partial charge in [0.25, 0.3) is 0 Å². The molecule has 0 heterocycles. The standard InChI is InChI=1S/C13H15F6N/c1-4-20-11(12(15,16)13(17,18)19)10-7(2)5-9(14)6-8(10)3/h5-6,11,20H,4H2,1-3H3. The summed E-state index contributed by atoms with van der Waals surface area (Å²) in [5, 5.41) is 2.15. The summed E-state index contributed by atoms with van der Waals surface area (Å²) >= 11 is 0. The Morgan fingerprint density at radius 1 is 1.05 bits per heavy atom. The quantitative estimate of drug-likeness (QED) is 0.818. The Morgan fingerprint density at radius 2 is 1.50 bits per heavy atom. The Kier molecular flexibility index (Phi) is 4.74. The third-order valence-electron chi connectivity index (χ3n) is 3.00. The van der Waals surface area contributed by atoms with Crippen LogP contribution in [0.1, 0.15) is 29.7 Å². The third-order valence-corrected chi connectivity index (χ3v) is 3.00. The molecule has 0 spiro atoms. The van der Waals surface area contributed by atoms with Crippen LogP contribution < -0.4 is 5.32 Å². The molecule has 0 aliphatic carbocycles. The van der Waals surface area contributed by atoms with E-state index in [1.807, 2.05) is 0 Å². The van der Waals surface area contributed by atoms with Crippen molar-refractivity contribution in [3.8, 4) is 0 Å². The Bertz CT molecular complexity index is 457. The summed E-state index contributed by atoms with van der Waals surface area (Å²) in [6.07, 6.45) is -5.69. The van der Waals surface area contributed by atoms with E-state index in [9.17, 15) is 26.3 Å².